The molecule has 0 bridgehead atoms. The topological polar surface area (TPSA) is 101 Å². The summed E-state index contributed by atoms with van der Waals surface area (Å²) in [6, 6.07) is 33.4. The Morgan fingerprint density at radius 2 is 1.48 bits per heavy atom. The SMILES string of the molecule is O=C1C(c2ccccc2)=CC(=O)[C@@]2(c3ccccc3)[C@@H](c3ccc(OCCO)cc3)C3=CC[C@@H]4C(=O)N(c5ccc(Br)cc5)C(=O)[C@@H]4[C@@H]3C[C@@H]12. The number of fused-ring (bicyclic) bond motifs is 4. The maximum atomic E-state index is 15.1. The van der Waals surface area contributed by atoms with E-state index in [0.717, 1.165) is 21.2 Å². The number of ketones is 2. The average molecular weight is 729 g/mol. The average Bonchev–Trinajstić information content (AvgIpc) is 3.41. The summed E-state index contributed by atoms with van der Waals surface area (Å²) in [5.41, 5.74) is 2.72. The second-order valence-corrected chi connectivity index (χ2v) is 14.3. The van der Waals surface area contributed by atoms with Crippen molar-refractivity contribution in [1.82, 2.24) is 0 Å². The van der Waals surface area contributed by atoms with E-state index in [1.165, 1.54) is 11.0 Å². The fourth-order valence-electron chi connectivity index (χ4n) is 9.01. The van der Waals surface area contributed by atoms with Crippen molar-refractivity contribution in [2.24, 2.45) is 23.7 Å². The molecule has 2 amide bonds. The number of allylic oxidation sites excluding steroid dienone is 4. The predicted molar refractivity (Wildman–Crippen MR) is 192 cm³/mol. The normalized spacial score (nSPS) is 27.2. The molecule has 1 aliphatic heterocycles. The van der Waals surface area contributed by atoms with Crippen molar-refractivity contribution in [2.75, 3.05) is 18.1 Å². The van der Waals surface area contributed by atoms with Crippen LogP contribution in [0.3, 0.4) is 0 Å². The molecule has 8 heteroatoms. The van der Waals surface area contributed by atoms with Crippen LogP contribution in [-0.2, 0) is 24.6 Å². The predicted octanol–water partition coefficient (Wildman–Crippen LogP) is 6.85. The Morgan fingerprint density at radius 3 is 2.16 bits per heavy atom. The number of ether oxygens (including phenoxy) is 1. The third-order valence-electron chi connectivity index (χ3n) is 11.0. The highest BCUT2D eigenvalue weighted by atomic mass is 79.9. The molecule has 4 aliphatic rings. The molecule has 7 nitrogen and oxygen atoms in total. The lowest BCUT2D eigenvalue weighted by Gasteiger charge is -2.55. The van der Waals surface area contributed by atoms with Gasteiger partial charge in [-0.25, -0.2) is 0 Å². The zero-order valence-corrected chi connectivity index (χ0v) is 28.7. The van der Waals surface area contributed by atoms with Crippen LogP contribution in [0.15, 0.2) is 131 Å². The molecule has 250 valence electrons. The van der Waals surface area contributed by atoms with Crippen LogP contribution in [0.5, 0.6) is 5.75 Å². The van der Waals surface area contributed by atoms with Gasteiger partial charge in [0.1, 0.15) is 12.4 Å². The largest absolute Gasteiger partial charge is 0.491 e. The molecule has 6 atom stereocenters. The van der Waals surface area contributed by atoms with Crippen LogP contribution in [0.1, 0.15) is 35.4 Å². The number of halogens is 1. The van der Waals surface area contributed by atoms with Crippen LogP contribution < -0.4 is 9.64 Å². The Bertz CT molecular complexity index is 2060. The van der Waals surface area contributed by atoms with Crippen LogP contribution in [-0.4, -0.2) is 41.7 Å². The standard InChI is InChI=1S/C42H34BrNO6/c43-28-13-15-29(16-14-28)44-40(48)32-20-19-31-34(37(32)41(44)49)23-35-39(47)33(25-7-3-1-4-8-25)24-36(46)42(35,27-9-5-2-6-10-27)38(31)26-11-17-30(18-12-26)50-22-21-45/h1-19,24,32,34-35,37-38,45H,20-23H2/t32-,34+,35-,37-,38-,42-/m0/s1. The van der Waals surface area contributed by atoms with Gasteiger partial charge in [0.15, 0.2) is 11.6 Å². The fraction of sp³-hybridized carbons (Fsp3) is 0.238. The van der Waals surface area contributed by atoms with Crippen molar-refractivity contribution in [2.45, 2.75) is 24.2 Å². The minimum Gasteiger partial charge on any atom is -0.491 e. The number of nitrogens with zero attached hydrogens (tertiary/aromatic N) is 1. The molecule has 0 aromatic heterocycles. The van der Waals surface area contributed by atoms with E-state index in [1.807, 2.05) is 97.1 Å². The van der Waals surface area contributed by atoms with Gasteiger partial charge < -0.3 is 9.84 Å². The monoisotopic (exact) mass is 727 g/mol. The van der Waals surface area contributed by atoms with Crippen molar-refractivity contribution >= 4 is 50.6 Å². The molecule has 1 saturated heterocycles. The second kappa shape index (κ2) is 12.8. The molecular weight excluding hydrogens is 694 g/mol. The molecule has 3 aliphatic carbocycles. The van der Waals surface area contributed by atoms with E-state index in [9.17, 15) is 14.7 Å². The molecule has 1 heterocycles. The molecule has 1 saturated carbocycles. The second-order valence-electron chi connectivity index (χ2n) is 13.4. The molecule has 1 N–H and O–H groups in total. The zero-order valence-electron chi connectivity index (χ0n) is 27.1. The summed E-state index contributed by atoms with van der Waals surface area (Å²) >= 11 is 3.45. The molecule has 0 unspecified atom stereocenters. The van der Waals surface area contributed by atoms with Gasteiger partial charge in [-0.3, -0.25) is 24.1 Å². The molecule has 2 fully saturated rings. The Morgan fingerprint density at radius 1 is 0.800 bits per heavy atom. The number of carbonyl (C=O) groups is 4. The number of Topliss-reactive ketones (excluding diaryl/α,β-unsaturated/α-hetero) is 1. The van der Waals surface area contributed by atoms with Gasteiger partial charge in [0.25, 0.3) is 0 Å². The quantitative estimate of drug-likeness (QED) is 0.165. The van der Waals surface area contributed by atoms with E-state index in [0.29, 0.717) is 29.0 Å². The van der Waals surface area contributed by atoms with E-state index in [1.54, 1.807) is 12.1 Å². The molecule has 0 spiro atoms. The first kappa shape index (κ1) is 32.3. The number of amides is 2. The Labute approximate surface area is 298 Å². The summed E-state index contributed by atoms with van der Waals surface area (Å²) in [5.74, 6) is -3.36. The van der Waals surface area contributed by atoms with E-state index in [-0.39, 0.29) is 43.0 Å². The van der Waals surface area contributed by atoms with Crippen molar-refractivity contribution in [3.8, 4) is 5.75 Å². The highest BCUT2D eigenvalue weighted by Crippen LogP contribution is 2.63. The first-order chi connectivity index (χ1) is 24.3. The Hall–Kier alpha value is -4.92. The smallest absolute Gasteiger partial charge is 0.238 e. The number of hydrogen-bond acceptors (Lipinski definition) is 6. The maximum Gasteiger partial charge on any atom is 0.238 e. The summed E-state index contributed by atoms with van der Waals surface area (Å²) in [6.07, 6.45) is 4.19. The number of aliphatic hydroxyl groups excluding tert-OH is 1. The Kier molecular flexibility index (Phi) is 8.24. The number of hydrogen-bond donors (Lipinski definition) is 1. The lowest BCUT2D eigenvalue weighted by Crippen LogP contribution is -2.58. The number of rotatable bonds is 7. The molecule has 4 aromatic carbocycles. The van der Waals surface area contributed by atoms with Gasteiger partial charge in [0.2, 0.25) is 11.8 Å². The summed E-state index contributed by atoms with van der Waals surface area (Å²) in [7, 11) is 0. The summed E-state index contributed by atoms with van der Waals surface area (Å²) in [4.78, 5) is 59.9. The first-order valence-corrected chi connectivity index (χ1v) is 17.7. The number of anilines is 1. The lowest BCUT2D eigenvalue weighted by molar-refractivity contribution is -0.135. The van der Waals surface area contributed by atoms with Crippen LogP contribution in [0, 0.1) is 23.7 Å². The molecule has 0 radical (unpaired) electrons. The van der Waals surface area contributed by atoms with Gasteiger partial charge in [-0.05, 0) is 77.9 Å². The van der Waals surface area contributed by atoms with Crippen LogP contribution in [0.4, 0.5) is 5.69 Å². The zero-order chi connectivity index (χ0) is 34.6. The number of aliphatic hydroxyl groups is 1. The van der Waals surface area contributed by atoms with Crippen molar-refractivity contribution in [3.05, 3.63) is 148 Å². The van der Waals surface area contributed by atoms with Gasteiger partial charge in [0, 0.05) is 21.9 Å². The summed E-state index contributed by atoms with van der Waals surface area (Å²) in [6.45, 7) is 0.0111. The van der Waals surface area contributed by atoms with E-state index >= 15 is 9.59 Å². The Balaban J connectivity index is 1.33. The van der Waals surface area contributed by atoms with Gasteiger partial charge in [-0.15, -0.1) is 0 Å². The number of carbonyl (C=O) groups excluding carboxylic acids is 4. The molecule has 4 aromatic rings. The van der Waals surface area contributed by atoms with Gasteiger partial charge in [-0.1, -0.05) is 100 Å². The third-order valence-corrected chi connectivity index (χ3v) is 11.6. The van der Waals surface area contributed by atoms with E-state index < -0.39 is 35.0 Å². The summed E-state index contributed by atoms with van der Waals surface area (Å²) < 4.78 is 6.52. The highest BCUT2D eigenvalue weighted by Gasteiger charge is 2.66. The third kappa shape index (κ3) is 4.95. The van der Waals surface area contributed by atoms with Crippen LogP contribution >= 0.6 is 15.9 Å². The first-order valence-electron chi connectivity index (χ1n) is 16.9. The number of benzene rings is 4. The van der Waals surface area contributed by atoms with Crippen molar-refractivity contribution in [3.63, 3.8) is 0 Å². The van der Waals surface area contributed by atoms with Crippen LogP contribution in [0.25, 0.3) is 5.57 Å². The minimum atomic E-state index is -1.30. The minimum absolute atomic E-state index is 0.128. The fourth-order valence-corrected chi connectivity index (χ4v) is 9.28. The van der Waals surface area contributed by atoms with Crippen LogP contribution in [0.2, 0.25) is 0 Å². The van der Waals surface area contributed by atoms with Crippen molar-refractivity contribution in [1.29, 1.82) is 0 Å². The summed E-state index contributed by atoms with van der Waals surface area (Å²) in [5, 5.41) is 9.32. The van der Waals surface area contributed by atoms with Gasteiger partial charge in [-0.2, -0.15) is 0 Å². The highest BCUT2D eigenvalue weighted by molar-refractivity contribution is 9.10. The molecular formula is C42H34BrNO6. The molecule has 50 heavy (non-hydrogen) atoms. The maximum absolute atomic E-state index is 15.1. The van der Waals surface area contributed by atoms with Crippen molar-refractivity contribution < 1.29 is 29.0 Å². The lowest BCUT2D eigenvalue weighted by atomic mass is 9.44. The van der Waals surface area contributed by atoms with Gasteiger partial charge in [0.05, 0.1) is 29.5 Å². The van der Waals surface area contributed by atoms with E-state index in [2.05, 4.69) is 22.0 Å². The van der Waals surface area contributed by atoms with Gasteiger partial charge >= 0.3 is 0 Å². The molecule has 8 rings (SSSR count). The van der Waals surface area contributed by atoms with E-state index in [4.69, 9.17) is 4.74 Å². The number of imide groups is 1.